The van der Waals surface area contributed by atoms with Crippen molar-refractivity contribution in [3.8, 4) is 5.75 Å². The van der Waals surface area contributed by atoms with Crippen LogP contribution in [0.1, 0.15) is 30.0 Å². The molecular weight excluding hydrogens is 220 g/mol. The number of rotatable bonds is 4. The highest BCUT2D eigenvalue weighted by Crippen LogP contribution is 2.22. The fraction of sp³-hybridized carbons (Fsp3) is 0.545. The maximum atomic E-state index is 5.66. The summed E-state index contributed by atoms with van der Waals surface area (Å²) in [6, 6.07) is 0. The van der Waals surface area contributed by atoms with Gasteiger partial charge in [0.1, 0.15) is 5.69 Å². The van der Waals surface area contributed by atoms with Gasteiger partial charge in [-0.05, 0) is 13.8 Å². The Balaban J connectivity index is 2.07. The number of aromatic nitrogens is 4. The second-order valence-electron chi connectivity index (χ2n) is 3.87. The van der Waals surface area contributed by atoms with Crippen LogP contribution in [0.5, 0.6) is 5.75 Å². The summed E-state index contributed by atoms with van der Waals surface area (Å²) in [5.41, 5.74) is 1.85. The Morgan fingerprint density at radius 2 is 2.12 bits per heavy atom. The van der Waals surface area contributed by atoms with Gasteiger partial charge in [-0.25, -0.2) is 0 Å². The van der Waals surface area contributed by atoms with Crippen molar-refractivity contribution in [1.29, 1.82) is 0 Å². The van der Waals surface area contributed by atoms with E-state index < -0.39 is 0 Å². The van der Waals surface area contributed by atoms with E-state index in [1.165, 1.54) is 0 Å². The summed E-state index contributed by atoms with van der Waals surface area (Å²) < 4.78 is 12.5. The van der Waals surface area contributed by atoms with Crippen molar-refractivity contribution in [2.24, 2.45) is 7.05 Å². The second-order valence-corrected chi connectivity index (χ2v) is 3.87. The topological polar surface area (TPSA) is 66.0 Å². The van der Waals surface area contributed by atoms with Gasteiger partial charge < -0.3 is 9.26 Å². The van der Waals surface area contributed by atoms with Crippen LogP contribution in [0.2, 0.25) is 0 Å². The third kappa shape index (κ3) is 2.30. The van der Waals surface area contributed by atoms with Crippen molar-refractivity contribution in [1.82, 2.24) is 19.9 Å². The first-order valence-corrected chi connectivity index (χ1v) is 5.56. The molecule has 0 saturated heterocycles. The minimum Gasteiger partial charge on any atom is -0.482 e. The molecule has 2 heterocycles. The van der Waals surface area contributed by atoms with Crippen molar-refractivity contribution in [2.45, 2.75) is 33.8 Å². The Morgan fingerprint density at radius 1 is 1.35 bits per heavy atom. The van der Waals surface area contributed by atoms with E-state index in [-0.39, 0.29) is 0 Å². The van der Waals surface area contributed by atoms with Crippen LogP contribution in [0, 0.1) is 13.8 Å². The Kier molecular flexibility index (Phi) is 3.12. The largest absolute Gasteiger partial charge is 0.482 e. The third-order valence-electron chi connectivity index (χ3n) is 2.60. The molecule has 2 aromatic rings. The Bertz CT molecular complexity index is 516. The van der Waals surface area contributed by atoms with Crippen LogP contribution in [0.25, 0.3) is 0 Å². The number of hydrogen-bond acceptors (Lipinski definition) is 5. The first-order chi connectivity index (χ1) is 8.11. The molecule has 0 aliphatic rings. The average molecular weight is 236 g/mol. The fourth-order valence-electron chi connectivity index (χ4n) is 1.59. The standard InChI is InChI=1S/C11H16N4O2/c1-5-10-12-9(14-17-10)6-16-11-7(2)13-15(4)8(11)3/h5-6H2,1-4H3. The Labute approximate surface area is 99.6 Å². The van der Waals surface area contributed by atoms with Gasteiger partial charge in [0.25, 0.3) is 0 Å². The van der Waals surface area contributed by atoms with Crippen LogP contribution in [0.15, 0.2) is 4.52 Å². The molecular formula is C11H16N4O2. The lowest BCUT2D eigenvalue weighted by Crippen LogP contribution is -2.00. The molecule has 0 unspecified atom stereocenters. The summed E-state index contributed by atoms with van der Waals surface area (Å²) in [6.07, 6.45) is 0.734. The van der Waals surface area contributed by atoms with Gasteiger partial charge in [-0.3, -0.25) is 4.68 Å². The minimum atomic E-state index is 0.302. The van der Waals surface area contributed by atoms with Crippen LogP contribution in [0.4, 0.5) is 0 Å². The predicted molar refractivity (Wildman–Crippen MR) is 60.7 cm³/mol. The highest BCUT2D eigenvalue weighted by Gasteiger charge is 2.12. The third-order valence-corrected chi connectivity index (χ3v) is 2.60. The van der Waals surface area contributed by atoms with Crippen LogP contribution in [0.3, 0.4) is 0 Å². The van der Waals surface area contributed by atoms with Crippen molar-refractivity contribution >= 4 is 0 Å². The molecule has 2 aromatic heterocycles. The molecule has 2 rings (SSSR count). The van der Waals surface area contributed by atoms with Crippen molar-refractivity contribution in [3.63, 3.8) is 0 Å². The molecule has 0 atom stereocenters. The van der Waals surface area contributed by atoms with E-state index >= 15 is 0 Å². The molecule has 0 radical (unpaired) electrons. The van der Waals surface area contributed by atoms with E-state index in [0.29, 0.717) is 18.3 Å². The lowest BCUT2D eigenvalue weighted by Gasteiger charge is -2.02. The SMILES string of the molecule is CCc1nc(COc2c(C)nn(C)c2C)no1. The molecule has 0 spiro atoms. The zero-order chi connectivity index (χ0) is 12.4. The van der Waals surface area contributed by atoms with Gasteiger partial charge in [-0.15, -0.1) is 0 Å². The molecule has 92 valence electrons. The van der Waals surface area contributed by atoms with Crippen LogP contribution in [-0.2, 0) is 20.1 Å². The monoisotopic (exact) mass is 236 g/mol. The lowest BCUT2D eigenvalue weighted by molar-refractivity contribution is 0.281. The van der Waals surface area contributed by atoms with Crippen molar-refractivity contribution in [3.05, 3.63) is 23.1 Å². The second kappa shape index (κ2) is 4.57. The summed E-state index contributed by atoms with van der Waals surface area (Å²) in [7, 11) is 1.89. The van der Waals surface area contributed by atoms with E-state index in [1.807, 2.05) is 27.8 Å². The molecule has 6 heteroatoms. The van der Waals surface area contributed by atoms with Gasteiger partial charge in [0, 0.05) is 13.5 Å². The lowest BCUT2D eigenvalue weighted by atomic mass is 10.3. The maximum Gasteiger partial charge on any atom is 0.226 e. The molecule has 0 aliphatic carbocycles. The first kappa shape index (κ1) is 11.6. The van der Waals surface area contributed by atoms with E-state index in [2.05, 4.69) is 15.2 Å². The summed E-state index contributed by atoms with van der Waals surface area (Å²) in [5.74, 6) is 1.98. The van der Waals surface area contributed by atoms with Gasteiger partial charge >= 0.3 is 0 Å². The zero-order valence-electron chi connectivity index (χ0n) is 10.5. The molecule has 0 amide bonds. The summed E-state index contributed by atoms with van der Waals surface area (Å²) >= 11 is 0. The highest BCUT2D eigenvalue weighted by molar-refractivity contribution is 5.31. The Morgan fingerprint density at radius 3 is 2.65 bits per heavy atom. The first-order valence-electron chi connectivity index (χ1n) is 5.56. The van der Waals surface area contributed by atoms with Gasteiger partial charge in [0.2, 0.25) is 11.7 Å². The van der Waals surface area contributed by atoms with Crippen molar-refractivity contribution in [2.75, 3.05) is 0 Å². The van der Waals surface area contributed by atoms with E-state index in [4.69, 9.17) is 9.26 Å². The summed E-state index contributed by atoms with van der Waals surface area (Å²) in [6.45, 7) is 6.14. The summed E-state index contributed by atoms with van der Waals surface area (Å²) in [4.78, 5) is 4.18. The van der Waals surface area contributed by atoms with Crippen LogP contribution in [-0.4, -0.2) is 19.9 Å². The smallest absolute Gasteiger partial charge is 0.226 e. The maximum absolute atomic E-state index is 5.66. The molecule has 0 aliphatic heterocycles. The highest BCUT2D eigenvalue weighted by atomic mass is 16.5. The van der Waals surface area contributed by atoms with E-state index in [9.17, 15) is 0 Å². The molecule has 0 bridgehead atoms. The van der Waals surface area contributed by atoms with Gasteiger partial charge in [0.05, 0.1) is 5.69 Å². The summed E-state index contributed by atoms with van der Waals surface area (Å²) in [5, 5.41) is 8.10. The van der Waals surface area contributed by atoms with Crippen LogP contribution < -0.4 is 4.74 Å². The fourth-order valence-corrected chi connectivity index (χ4v) is 1.59. The molecule has 0 saturated carbocycles. The van der Waals surface area contributed by atoms with Gasteiger partial charge in [0.15, 0.2) is 12.4 Å². The van der Waals surface area contributed by atoms with Gasteiger partial charge in [-0.2, -0.15) is 10.1 Å². The average Bonchev–Trinajstić information content (AvgIpc) is 2.84. The number of aryl methyl sites for hydroxylation is 3. The molecule has 0 N–H and O–H groups in total. The van der Waals surface area contributed by atoms with Gasteiger partial charge in [-0.1, -0.05) is 12.1 Å². The molecule has 17 heavy (non-hydrogen) atoms. The molecule has 0 aromatic carbocycles. The number of nitrogens with zero attached hydrogens (tertiary/aromatic N) is 4. The minimum absolute atomic E-state index is 0.302. The Hall–Kier alpha value is -1.85. The quantitative estimate of drug-likeness (QED) is 0.806. The van der Waals surface area contributed by atoms with E-state index in [1.54, 1.807) is 4.68 Å². The van der Waals surface area contributed by atoms with Crippen molar-refractivity contribution < 1.29 is 9.26 Å². The zero-order valence-corrected chi connectivity index (χ0v) is 10.5. The number of hydrogen-bond donors (Lipinski definition) is 0. The predicted octanol–water partition coefficient (Wildman–Crippen LogP) is 1.56. The van der Waals surface area contributed by atoms with Crippen LogP contribution >= 0.6 is 0 Å². The van der Waals surface area contributed by atoms with E-state index in [0.717, 1.165) is 23.6 Å². The number of ether oxygens (including phenoxy) is 1. The molecule has 6 nitrogen and oxygen atoms in total. The normalized spacial score (nSPS) is 10.8. The molecule has 0 fully saturated rings.